The predicted molar refractivity (Wildman–Crippen MR) is 37.7 cm³/mol. The van der Waals surface area contributed by atoms with Crippen molar-refractivity contribution >= 4 is 6.29 Å². The highest BCUT2D eigenvalue weighted by molar-refractivity contribution is 5.71. The van der Waals surface area contributed by atoms with Gasteiger partial charge >= 0.3 is 0 Å². The SMILES string of the molecule is COC(OC)C(C)=C(F)C=O. The Balaban J connectivity index is 4.40. The molecule has 64 valence electrons. The summed E-state index contributed by atoms with van der Waals surface area (Å²) in [7, 11) is 2.74. The summed E-state index contributed by atoms with van der Waals surface area (Å²) in [4.78, 5) is 9.94. The lowest BCUT2D eigenvalue weighted by Crippen LogP contribution is -2.15. The maximum absolute atomic E-state index is 12.5. The lowest BCUT2D eigenvalue weighted by Gasteiger charge is -2.12. The van der Waals surface area contributed by atoms with Gasteiger partial charge in [0.2, 0.25) is 0 Å². The smallest absolute Gasteiger partial charge is 0.182 e. The van der Waals surface area contributed by atoms with Crippen LogP contribution in [-0.2, 0) is 14.3 Å². The fourth-order valence-corrected chi connectivity index (χ4v) is 0.655. The Morgan fingerprint density at radius 2 is 1.91 bits per heavy atom. The number of allylic oxidation sites excluding steroid dienone is 1. The molecule has 0 saturated heterocycles. The molecule has 3 nitrogen and oxygen atoms in total. The third kappa shape index (κ3) is 2.78. The molecule has 0 aliphatic rings. The van der Waals surface area contributed by atoms with Crippen LogP contribution in [0, 0.1) is 0 Å². The second-order valence-electron chi connectivity index (χ2n) is 1.95. The first-order chi connectivity index (χ1) is 5.17. The number of ether oxygens (including phenoxy) is 2. The Bertz CT molecular complexity index is 161. The van der Waals surface area contributed by atoms with Crippen molar-refractivity contribution in [3.63, 3.8) is 0 Å². The van der Waals surface area contributed by atoms with Crippen LogP contribution in [0.15, 0.2) is 11.4 Å². The van der Waals surface area contributed by atoms with Gasteiger partial charge in [-0.25, -0.2) is 4.39 Å². The van der Waals surface area contributed by atoms with E-state index in [1.807, 2.05) is 0 Å². The summed E-state index contributed by atoms with van der Waals surface area (Å²) >= 11 is 0. The van der Waals surface area contributed by atoms with Gasteiger partial charge in [-0.15, -0.1) is 0 Å². The van der Waals surface area contributed by atoms with Crippen molar-refractivity contribution in [3.8, 4) is 0 Å². The molecule has 0 aromatic carbocycles. The minimum absolute atomic E-state index is 0.125. The fraction of sp³-hybridized carbons (Fsp3) is 0.571. The first-order valence-corrected chi connectivity index (χ1v) is 3.04. The molecule has 0 aromatic heterocycles. The van der Waals surface area contributed by atoms with Gasteiger partial charge in [-0.3, -0.25) is 4.79 Å². The molecule has 0 heterocycles. The largest absolute Gasteiger partial charge is 0.352 e. The standard InChI is InChI=1S/C7H11FO3/c1-5(6(8)4-9)7(10-2)11-3/h4,7H,1-3H3. The van der Waals surface area contributed by atoms with Crippen molar-refractivity contribution in [2.75, 3.05) is 14.2 Å². The van der Waals surface area contributed by atoms with Crippen LogP contribution in [0.25, 0.3) is 0 Å². The average molecular weight is 162 g/mol. The average Bonchev–Trinajstić information content (AvgIpc) is 2.05. The molecule has 0 aliphatic carbocycles. The predicted octanol–water partition coefficient (Wildman–Crippen LogP) is 1.05. The Morgan fingerprint density at radius 1 is 1.45 bits per heavy atom. The first-order valence-electron chi connectivity index (χ1n) is 3.04. The summed E-state index contributed by atoms with van der Waals surface area (Å²) < 4.78 is 21.9. The van der Waals surface area contributed by atoms with Crippen molar-refractivity contribution in [2.24, 2.45) is 0 Å². The molecule has 4 heteroatoms. The zero-order valence-corrected chi connectivity index (χ0v) is 6.76. The van der Waals surface area contributed by atoms with Gasteiger partial charge in [0.05, 0.1) is 0 Å². The maximum Gasteiger partial charge on any atom is 0.182 e. The molecule has 0 aliphatic heterocycles. The Kier molecular flexibility index (Phi) is 4.65. The molecular formula is C7H11FO3. The molecule has 0 bridgehead atoms. The monoisotopic (exact) mass is 162 g/mol. The number of hydrogen-bond acceptors (Lipinski definition) is 3. The second-order valence-corrected chi connectivity index (χ2v) is 1.95. The Hall–Kier alpha value is -0.740. The summed E-state index contributed by atoms with van der Waals surface area (Å²) in [6.07, 6.45) is -0.652. The number of aldehydes is 1. The highest BCUT2D eigenvalue weighted by atomic mass is 19.1. The number of carbonyl (C=O) groups excluding carboxylic acids is 1. The van der Waals surface area contributed by atoms with Crippen molar-refractivity contribution in [1.82, 2.24) is 0 Å². The summed E-state index contributed by atoms with van der Waals surface area (Å²) in [5, 5.41) is 0. The van der Waals surface area contributed by atoms with E-state index in [1.165, 1.54) is 21.1 Å². The van der Waals surface area contributed by atoms with E-state index in [4.69, 9.17) is 9.47 Å². The van der Waals surface area contributed by atoms with Crippen molar-refractivity contribution in [2.45, 2.75) is 13.2 Å². The molecule has 0 fully saturated rings. The highest BCUT2D eigenvalue weighted by Crippen LogP contribution is 2.11. The van der Waals surface area contributed by atoms with E-state index in [0.717, 1.165) is 0 Å². The number of carbonyl (C=O) groups is 1. The van der Waals surface area contributed by atoms with Gasteiger partial charge in [-0.2, -0.15) is 0 Å². The molecule has 0 amide bonds. The quantitative estimate of drug-likeness (QED) is 0.352. The van der Waals surface area contributed by atoms with Gasteiger partial charge in [0.1, 0.15) is 0 Å². The highest BCUT2D eigenvalue weighted by Gasteiger charge is 2.12. The minimum atomic E-state index is -0.848. The van der Waals surface area contributed by atoms with E-state index in [9.17, 15) is 9.18 Å². The van der Waals surface area contributed by atoms with E-state index in [0.29, 0.717) is 0 Å². The van der Waals surface area contributed by atoms with Gasteiger partial charge in [-0.1, -0.05) is 0 Å². The van der Waals surface area contributed by atoms with Crippen LogP contribution in [0.5, 0.6) is 0 Å². The zero-order valence-electron chi connectivity index (χ0n) is 6.76. The molecule has 0 spiro atoms. The van der Waals surface area contributed by atoms with Crippen molar-refractivity contribution in [1.29, 1.82) is 0 Å². The number of rotatable bonds is 4. The van der Waals surface area contributed by atoms with Crippen molar-refractivity contribution in [3.05, 3.63) is 11.4 Å². The van der Waals surface area contributed by atoms with Crippen LogP contribution >= 0.6 is 0 Å². The van der Waals surface area contributed by atoms with E-state index in [2.05, 4.69) is 0 Å². The molecule has 11 heavy (non-hydrogen) atoms. The normalized spacial score (nSPS) is 13.2. The number of methoxy groups -OCH3 is 2. The Labute approximate surface area is 64.8 Å². The third-order valence-corrected chi connectivity index (χ3v) is 1.26. The van der Waals surface area contributed by atoms with Gasteiger partial charge in [0.15, 0.2) is 18.4 Å². The van der Waals surface area contributed by atoms with Crippen LogP contribution in [-0.4, -0.2) is 26.8 Å². The summed E-state index contributed by atoms with van der Waals surface area (Å²) in [6, 6.07) is 0. The second kappa shape index (κ2) is 4.98. The van der Waals surface area contributed by atoms with Gasteiger partial charge in [0, 0.05) is 19.8 Å². The van der Waals surface area contributed by atoms with Gasteiger partial charge in [0.25, 0.3) is 0 Å². The van der Waals surface area contributed by atoms with Crippen LogP contribution in [0.3, 0.4) is 0 Å². The Morgan fingerprint density at radius 3 is 2.18 bits per heavy atom. The molecule has 0 saturated carbocycles. The molecule has 0 rings (SSSR count). The van der Waals surface area contributed by atoms with Gasteiger partial charge in [-0.05, 0) is 6.92 Å². The summed E-state index contributed by atoms with van der Waals surface area (Å²) in [5.41, 5.74) is 0.144. The van der Waals surface area contributed by atoms with E-state index >= 15 is 0 Å². The van der Waals surface area contributed by atoms with E-state index in [-0.39, 0.29) is 11.9 Å². The topological polar surface area (TPSA) is 35.5 Å². The molecule has 0 unspecified atom stereocenters. The first kappa shape index (κ1) is 10.3. The number of hydrogen-bond donors (Lipinski definition) is 0. The lowest BCUT2D eigenvalue weighted by molar-refractivity contribution is -0.107. The lowest BCUT2D eigenvalue weighted by atomic mass is 10.2. The van der Waals surface area contributed by atoms with Crippen LogP contribution in [0.2, 0.25) is 0 Å². The molecule has 0 atom stereocenters. The van der Waals surface area contributed by atoms with Gasteiger partial charge < -0.3 is 9.47 Å². The summed E-state index contributed by atoms with van der Waals surface area (Å²) in [5.74, 6) is -0.848. The molecule has 0 radical (unpaired) electrons. The molecule has 0 N–H and O–H groups in total. The molecule has 0 aromatic rings. The number of halogens is 1. The van der Waals surface area contributed by atoms with Crippen LogP contribution < -0.4 is 0 Å². The van der Waals surface area contributed by atoms with E-state index in [1.54, 1.807) is 0 Å². The molecular weight excluding hydrogens is 151 g/mol. The van der Waals surface area contributed by atoms with Crippen LogP contribution in [0.1, 0.15) is 6.92 Å². The summed E-state index contributed by atoms with van der Waals surface area (Å²) in [6.45, 7) is 1.43. The maximum atomic E-state index is 12.5. The fourth-order valence-electron chi connectivity index (χ4n) is 0.655. The van der Waals surface area contributed by atoms with Crippen molar-refractivity contribution < 1.29 is 18.7 Å². The van der Waals surface area contributed by atoms with E-state index < -0.39 is 12.1 Å². The minimum Gasteiger partial charge on any atom is -0.352 e. The zero-order chi connectivity index (χ0) is 8.85. The third-order valence-electron chi connectivity index (χ3n) is 1.26. The van der Waals surface area contributed by atoms with Crippen LogP contribution in [0.4, 0.5) is 4.39 Å².